The Morgan fingerprint density at radius 1 is 1.41 bits per heavy atom. The number of anilines is 1. The molecule has 2 heterocycles. The fraction of sp³-hybridized carbons (Fsp3) is 0.417. The van der Waals surface area contributed by atoms with E-state index in [0.29, 0.717) is 0 Å². The normalized spacial score (nSPS) is 11.7. The molecule has 0 aliphatic carbocycles. The minimum Gasteiger partial charge on any atom is -0.322 e. The predicted molar refractivity (Wildman–Crippen MR) is 76.3 cm³/mol. The maximum absolute atomic E-state index is 12.2. The standard InChI is InChI=1S/C12H13BrF3N5O/c1-7-11(13)8(2)21(19-7)5-10(22)18-9-3-17-20(4-9)6-12(14,15)16/h3-4H,5-6H2,1-2H3,(H,18,22). The number of rotatable bonds is 4. The molecule has 0 aromatic carbocycles. The van der Waals surface area contributed by atoms with Crippen LogP contribution in [0.1, 0.15) is 11.4 Å². The van der Waals surface area contributed by atoms with Crippen LogP contribution in [0.4, 0.5) is 18.9 Å². The SMILES string of the molecule is Cc1nn(CC(=O)Nc2cnn(CC(F)(F)F)c2)c(C)c1Br. The van der Waals surface area contributed by atoms with E-state index in [1.54, 1.807) is 13.8 Å². The molecule has 2 aromatic rings. The second kappa shape index (κ2) is 6.11. The van der Waals surface area contributed by atoms with E-state index in [1.807, 2.05) is 0 Å². The van der Waals surface area contributed by atoms with E-state index in [-0.39, 0.29) is 12.2 Å². The quantitative estimate of drug-likeness (QED) is 0.887. The summed E-state index contributed by atoms with van der Waals surface area (Å²) >= 11 is 3.35. The first-order valence-electron chi connectivity index (χ1n) is 6.24. The monoisotopic (exact) mass is 379 g/mol. The van der Waals surface area contributed by atoms with E-state index >= 15 is 0 Å². The number of carbonyl (C=O) groups excluding carboxylic acids is 1. The summed E-state index contributed by atoms with van der Waals surface area (Å²) in [6.07, 6.45) is -2.06. The molecular weight excluding hydrogens is 367 g/mol. The van der Waals surface area contributed by atoms with E-state index in [4.69, 9.17) is 0 Å². The number of hydrogen-bond donors (Lipinski definition) is 1. The van der Waals surface area contributed by atoms with Gasteiger partial charge in [-0.05, 0) is 29.8 Å². The first-order chi connectivity index (χ1) is 10.2. The molecule has 0 aliphatic rings. The summed E-state index contributed by atoms with van der Waals surface area (Å²) in [5.74, 6) is -0.398. The maximum atomic E-state index is 12.2. The van der Waals surface area contributed by atoms with Gasteiger partial charge in [-0.15, -0.1) is 0 Å². The lowest BCUT2D eigenvalue weighted by atomic mass is 10.4. The third-order valence-corrected chi connectivity index (χ3v) is 3.99. The Kier molecular flexibility index (Phi) is 4.59. The Bertz CT molecular complexity index is 691. The Balaban J connectivity index is 1.99. The molecule has 120 valence electrons. The Morgan fingerprint density at radius 3 is 2.64 bits per heavy atom. The topological polar surface area (TPSA) is 64.7 Å². The van der Waals surface area contributed by atoms with Gasteiger partial charge in [0.2, 0.25) is 5.91 Å². The van der Waals surface area contributed by atoms with Crippen LogP contribution in [0.15, 0.2) is 16.9 Å². The van der Waals surface area contributed by atoms with Gasteiger partial charge in [0.05, 0.1) is 27.7 Å². The molecule has 0 radical (unpaired) electrons. The van der Waals surface area contributed by atoms with Crippen molar-refractivity contribution in [2.24, 2.45) is 0 Å². The van der Waals surface area contributed by atoms with Gasteiger partial charge in [0.25, 0.3) is 0 Å². The largest absolute Gasteiger partial charge is 0.408 e. The van der Waals surface area contributed by atoms with Gasteiger partial charge in [-0.2, -0.15) is 23.4 Å². The first kappa shape index (κ1) is 16.5. The van der Waals surface area contributed by atoms with Crippen molar-refractivity contribution in [3.05, 3.63) is 28.3 Å². The zero-order chi connectivity index (χ0) is 16.5. The highest BCUT2D eigenvalue weighted by atomic mass is 79.9. The maximum Gasteiger partial charge on any atom is 0.408 e. The predicted octanol–water partition coefficient (Wildman–Crippen LogP) is 2.66. The Morgan fingerprint density at radius 2 is 2.09 bits per heavy atom. The second-order valence-electron chi connectivity index (χ2n) is 4.73. The summed E-state index contributed by atoms with van der Waals surface area (Å²) in [7, 11) is 0. The number of aromatic nitrogens is 4. The van der Waals surface area contributed by atoms with Gasteiger partial charge in [0.1, 0.15) is 13.1 Å². The third-order valence-electron chi connectivity index (χ3n) is 2.84. The van der Waals surface area contributed by atoms with Crippen LogP contribution < -0.4 is 5.32 Å². The summed E-state index contributed by atoms with van der Waals surface area (Å²) in [4.78, 5) is 11.9. The van der Waals surface area contributed by atoms with Gasteiger partial charge in [0, 0.05) is 6.20 Å². The number of nitrogens with one attached hydrogen (secondary N) is 1. The summed E-state index contributed by atoms with van der Waals surface area (Å²) in [5.41, 5.74) is 1.75. The highest BCUT2D eigenvalue weighted by Crippen LogP contribution is 2.20. The Labute approximate surface area is 132 Å². The van der Waals surface area contributed by atoms with Gasteiger partial charge < -0.3 is 5.32 Å². The van der Waals surface area contributed by atoms with Crippen molar-refractivity contribution in [3.63, 3.8) is 0 Å². The summed E-state index contributed by atoms with van der Waals surface area (Å²) in [6.45, 7) is 2.36. The molecule has 0 fully saturated rings. The number of hydrogen-bond acceptors (Lipinski definition) is 3. The molecule has 1 amide bonds. The van der Waals surface area contributed by atoms with Crippen LogP contribution in [-0.2, 0) is 17.9 Å². The molecule has 1 N–H and O–H groups in total. The van der Waals surface area contributed by atoms with Crippen molar-refractivity contribution in [2.45, 2.75) is 33.1 Å². The zero-order valence-corrected chi connectivity index (χ0v) is 13.4. The molecule has 6 nitrogen and oxygen atoms in total. The molecule has 0 saturated carbocycles. The molecule has 22 heavy (non-hydrogen) atoms. The second-order valence-corrected chi connectivity index (χ2v) is 5.53. The highest BCUT2D eigenvalue weighted by molar-refractivity contribution is 9.10. The first-order valence-corrected chi connectivity index (χ1v) is 7.03. The van der Waals surface area contributed by atoms with Crippen molar-refractivity contribution in [1.82, 2.24) is 19.6 Å². The van der Waals surface area contributed by atoms with Crippen molar-refractivity contribution in [2.75, 3.05) is 5.32 Å². The number of aryl methyl sites for hydroxylation is 1. The number of amides is 1. The number of nitrogens with zero attached hydrogens (tertiary/aromatic N) is 4. The molecular formula is C12H13BrF3N5O. The Hall–Kier alpha value is -1.84. The minimum atomic E-state index is -4.36. The van der Waals surface area contributed by atoms with E-state index in [9.17, 15) is 18.0 Å². The molecule has 2 rings (SSSR count). The van der Waals surface area contributed by atoms with Gasteiger partial charge in [-0.3, -0.25) is 14.2 Å². The van der Waals surface area contributed by atoms with Crippen LogP contribution in [-0.4, -0.2) is 31.6 Å². The number of carbonyl (C=O) groups is 1. The third kappa shape index (κ3) is 4.09. The molecule has 0 saturated heterocycles. The lowest BCUT2D eigenvalue weighted by molar-refractivity contribution is -0.142. The highest BCUT2D eigenvalue weighted by Gasteiger charge is 2.28. The molecule has 0 bridgehead atoms. The fourth-order valence-electron chi connectivity index (χ4n) is 1.86. The zero-order valence-electron chi connectivity index (χ0n) is 11.8. The molecule has 10 heteroatoms. The van der Waals surface area contributed by atoms with E-state index in [1.165, 1.54) is 10.9 Å². The molecule has 0 unspecified atom stereocenters. The van der Waals surface area contributed by atoms with Crippen LogP contribution in [0, 0.1) is 13.8 Å². The van der Waals surface area contributed by atoms with Crippen LogP contribution in [0.5, 0.6) is 0 Å². The molecule has 0 spiro atoms. The molecule has 2 aromatic heterocycles. The lowest BCUT2D eigenvalue weighted by Gasteiger charge is -2.06. The fourth-order valence-corrected chi connectivity index (χ4v) is 2.15. The van der Waals surface area contributed by atoms with Gasteiger partial charge in [-0.1, -0.05) is 0 Å². The van der Waals surface area contributed by atoms with Crippen molar-refractivity contribution in [1.29, 1.82) is 0 Å². The van der Waals surface area contributed by atoms with Crippen LogP contribution in [0.3, 0.4) is 0 Å². The molecule has 0 aliphatic heterocycles. The summed E-state index contributed by atoms with van der Waals surface area (Å²) in [6, 6.07) is 0. The lowest BCUT2D eigenvalue weighted by Crippen LogP contribution is -2.20. The van der Waals surface area contributed by atoms with Crippen LogP contribution >= 0.6 is 15.9 Å². The van der Waals surface area contributed by atoms with Crippen LogP contribution in [0.25, 0.3) is 0 Å². The summed E-state index contributed by atoms with van der Waals surface area (Å²) < 4.78 is 39.7. The van der Waals surface area contributed by atoms with Crippen molar-refractivity contribution in [3.8, 4) is 0 Å². The van der Waals surface area contributed by atoms with Gasteiger partial charge in [-0.25, -0.2) is 0 Å². The smallest absolute Gasteiger partial charge is 0.322 e. The average molecular weight is 380 g/mol. The number of alkyl halides is 3. The average Bonchev–Trinajstić information content (AvgIpc) is 2.89. The summed E-state index contributed by atoms with van der Waals surface area (Å²) in [5, 5.41) is 10.2. The van der Waals surface area contributed by atoms with Gasteiger partial charge >= 0.3 is 6.18 Å². The molecule has 0 atom stereocenters. The number of halogens is 4. The van der Waals surface area contributed by atoms with Gasteiger partial charge in [0.15, 0.2) is 0 Å². The van der Waals surface area contributed by atoms with Crippen molar-refractivity contribution < 1.29 is 18.0 Å². The van der Waals surface area contributed by atoms with Crippen LogP contribution in [0.2, 0.25) is 0 Å². The van der Waals surface area contributed by atoms with E-state index in [2.05, 4.69) is 31.4 Å². The van der Waals surface area contributed by atoms with Crippen molar-refractivity contribution >= 4 is 27.5 Å². The minimum absolute atomic E-state index is 0.0390. The van der Waals surface area contributed by atoms with E-state index in [0.717, 1.165) is 26.7 Å². The van der Waals surface area contributed by atoms with E-state index < -0.39 is 18.6 Å².